The Labute approximate surface area is 88.2 Å². The summed E-state index contributed by atoms with van der Waals surface area (Å²) in [6.07, 6.45) is 4.15. The quantitative estimate of drug-likeness (QED) is 0.690. The minimum atomic E-state index is -0.174. The highest BCUT2D eigenvalue weighted by molar-refractivity contribution is 5.00. The molecule has 4 nitrogen and oxygen atoms in total. The Morgan fingerprint density at radius 1 is 1.27 bits per heavy atom. The number of nitrogens with zero attached hydrogens (tertiary/aromatic N) is 2. The summed E-state index contributed by atoms with van der Waals surface area (Å²) in [5.74, 6) is 0. The van der Waals surface area contributed by atoms with Crippen molar-refractivity contribution in [2.45, 2.75) is 38.6 Å². The predicted molar refractivity (Wildman–Crippen MR) is 58.2 cm³/mol. The Bertz CT molecular complexity index is 478. The van der Waals surface area contributed by atoms with Gasteiger partial charge in [-0.2, -0.15) is 0 Å². The molecule has 1 saturated carbocycles. The Morgan fingerprint density at radius 2 is 1.87 bits per heavy atom. The zero-order chi connectivity index (χ0) is 11.0. The Hall–Kier alpha value is -1.32. The summed E-state index contributed by atoms with van der Waals surface area (Å²) in [6.45, 7) is 1.78. The van der Waals surface area contributed by atoms with Crippen LogP contribution in [0.1, 0.15) is 37.4 Å². The molecule has 1 fully saturated rings. The van der Waals surface area contributed by atoms with Gasteiger partial charge in [-0.25, -0.2) is 4.79 Å². The van der Waals surface area contributed by atoms with Crippen LogP contribution in [-0.4, -0.2) is 9.13 Å². The summed E-state index contributed by atoms with van der Waals surface area (Å²) in [6, 6.07) is 1.66. The third-order valence-electron chi connectivity index (χ3n) is 3.28. The maximum atomic E-state index is 11.9. The molecule has 2 rings (SSSR count). The first-order valence-electron chi connectivity index (χ1n) is 5.40. The van der Waals surface area contributed by atoms with Gasteiger partial charge in [-0.15, -0.1) is 0 Å². The monoisotopic (exact) mass is 208 g/mol. The van der Waals surface area contributed by atoms with E-state index in [0.29, 0.717) is 0 Å². The molecule has 0 spiro atoms. The maximum Gasteiger partial charge on any atom is 0.331 e. The molecule has 0 N–H and O–H groups in total. The van der Waals surface area contributed by atoms with Gasteiger partial charge < -0.3 is 4.57 Å². The van der Waals surface area contributed by atoms with Crippen LogP contribution in [0.5, 0.6) is 0 Å². The molecule has 0 aromatic carbocycles. The van der Waals surface area contributed by atoms with Crippen molar-refractivity contribution in [2.75, 3.05) is 0 Å². The van der Waals surface area contributed by atoms with Crippen molar-refractivity contribution in [1.82, 2.24) is 9.13 Å². The molecule has 1 aromatic rings. The van der Waals surface area contributed by atoms with Crippen molar-refractivity contribution in [3.63, 3.8) is 0 Å². The van der Waals surface area contributed by atoms with Gasteiger partial charge in [0, 0.05) is 24.8 Å². The fourth-order valence-electron chi connectivity index (χ4n) is 2.25. The minimum absolute atomic E-state index is 0.122. The normalized spacial score (nSPS) is 17.2. The van der Waals surface area contributed by atoms with Crippen molar-refractivity contribution in [2.24, 2.45) is 7.05 Å². The molecule has 0 aliphatic heterocycles. The molecular weight excluding hydrogens is 192 g/mol. The second-order valence-electron chi connectivity index (χ2n) is 4.27. The summed E-state index contributed by atoms with van der Waals surface area (Å²) in [7, 11) is 1.71. The molecular formula is C11H16N2O2. The number of aryl methyl sites for hydroxylation is 1. The molecule has 1 heterocycles. The second kappa shape index (κ2) is 3.68. The Kier molecular flexibility index (Phi) is 2.50. The molecule has 15 heavy (non-hydrogen) atoms. The van der Waals surface area contributed by atoms with E-state index < -0.39 is 0 Å². The lowest BCUT2D eigenvalue weighted by atomic mass is 10.2. The average molecular weight is 208 g/mol. The molecule has 1 aromatic heterocycles. The smallest absolute Gasteiger partial charge is 0.301 e. The van der Waals surface area contributed by atoms with E-state index in [1.54, 1.807) is 24.6 Å². The van der Waals surface area contributed by atoms with Crippen molar-refractivity contribution >= 4 is 0 Å². The van der Waals surface area contributed by atoms with Gasteiger partial charge in [-0.1, -0.05) is 12.8 Å². The van der Waals surface area contributed by atoms with Gasteiger partial charge in [-0.3, -0.25) is 9.36 Å². The van der Waals surface area contributed by atoms with E-state index in [1.807, 2.05) is 0 Å². The molecule has 0 amide bonds. The van der Waals surface area contributed by atoms with E-state index in [-0.39, 0.29) is 17.3 Å². The summed E-state index contributed by atoms with van der Waals surface area (Å²) < 4.78 is 2.96. The van der Waals surface area contributed by atoms with Crippen molar-refractivity contribution in [1.29, 1.82) is 0 Å². The highest BCUT2D eigenvalue weighted by atomic mass is 16.2. The van der Waals surface area contributed by atoms with E-state index in [4.69, 9.17) is 0 Å². The van der Waals surface area contributed by atoms with Crippen LogP contribution >= 0.6 is 0 Å². The molecule has 1 aliphatic carbocycles. The molecule has 0 saturated heterocycles. The van der Waals surface area contributed by atoms with Gasteiger partial charge in [0.15, 0.2) is 0 Å². The minimum Gasteiger partial charge on any atom is -0.301 e. The van der Waals surface area contributed by atoms with Crippen molar-refractivity contribution < 1.29 is 0 Å². The van der Waals surface area contributed by atoms with Gasteiger partial charge in [0.05, 0.1) is 0 Å². The largest absolute Gasteiger partial charge is 0.331 e. The number of hydrogen-bond acceptors (Lipinski definition) is 2. The van der Waals surface area contributed by atoms with Gasteiger partial charge >= 0.3 is 5.69 Å². The molecule has 0 atom stereocenters. The van der Waals surface area contributed by atoms with Crippen LogP contribution in [-0.2, 0) is 7.05 Å². The molecule has 1 aliphatic rings. The molecule has 0 bridgehead atoms. The van der Waals surface area contributed by atoms with Crippen LogP contribution in [0.15, 0.2) is 15.7 Å². The fourth-order valence-corrected chi connectivity index (χ4v) is 2.25. The highest BCUT2D eigenvalue weighted by Gasteiger charge is 2.20. The molecule has 82 valence electrons. The predicted octanol–water partition coefficient (Wildman–Crippen LogP) is 0.971. The number of rotatable bonds is 1. The third kappa shape index (κ3) is 1.64. The topological polar surface area (TPSA) is 44.0 Å². The Morgan fingerprint density at radius 3 is 2.47 bits per heavy atom. The second-order valence-corrected chi connectivity index (χ2v) is 4.27. The lowest BCUT2D eigenvalue weighted by molar-refractivity contribution is 0.460. The standard InChI is InChI=1S/C11H16N2O2/c1-8-7-10(14)13(11(15)12(8)2)9-5-3-4-6-9/h7,9H,3-6H2,1-2H3. The maximum absolute atomic E-state index is 11.9. The average Bonchev–Trinajstić information content (AvgIpc) is 2.68. The molecule has 0 unspecified atom stereocenters. The van der Waals surface area contributed by atoms with Crippen LogP contribution < -0.4 is 11.2 Å². The summed E-state index contributed by atoms with van der Waals surface area (Å²) in [5, 5.41) is 0. The van der Waals surface area contributed by atoms with Gasteiger partial charge in [-0.05, 0) is 19.8 Å². The number of hydrogen-bond donors (Lipinski definition) is 0. The van der Waals surface area contributed by atoms with Crippen LogP contribution in [0.4, 0.5) is 0 Å². The highest BCUT2D eigenvalue weighted by Crippen LogP contribution is 2.26. The molecule has 0 radical (unpaired) electrons. The van der Waals surface area contributed by atoms with Crippen molar-refractivity contribution in [3.8, 4) is 0 Å². The van der Waals surface area contributed by atoms with E-state index in [1.165, 1.54) is 4.57 Å². The lowest BCUT2D eigenvalue weighted by Gasteiger charge is -2.14. The van der Waals surface area contributed by atoms with Crippen LogP contribution in [0.3, 0.4) is 0 Å². The zero-order valence-corrected chi connectivity index (χ0v) is 9.19. The van der Waals surface area contributed by atoms with Crippen LogP contribution in [0.25, 0.3) is 0 Å². The van der Waals surface area contributed by atoms with Gasteiger partial charge in [0.25, 0.3) is 5.56 Å². The van der Waals surface area contributed by atoms with E-state index >= 15 is 0 Å². The molecule has 4 heteroatoms. The summed E-state index contributed by atoms with van der Waals surface area (Å²) >= 11 is 0. The first-order chi connectivity index (χ1) is 7.11. The summed E-state index contributed by atoms with van der Waals surface area (Å²) in [5.41, 5.74) is 0.397. The zero-order valence-electron chi connectivity index (χ0n) is 9.19. The van der Waals surface area contributed by atoms with Gasteiger partial charge in [0.2, 0.25) is 0 Å². The van der Waals surface area contributed by atoms with Crippen LogP contribution in [0.2, 0.25) is 0 Å². The van der Waals surface area contributed by atoms with Gasteiger partial charge in [0.1, 0.15) is 0 Å². The summed E-state index contributed by atoms with van der Waals surface area (Å²) in [4.78, 5) is 23.7. The number of aromatic nitrogens is 2. The third-order valence-corrected chi connectivity index (χ3v) is 3.28. The lowest BCUT2D eigenvalue weighted by Crippen LogP contribution is -2.41. The Balaban J connectivity index is 2.60. The first-order valence-corrected chi connectivity index (χ1v) is 5.40. The SMILES string of the molecule is Cc1cc(=O)n(C2CCCC2)c(=O)n1C. The van der Waals surface area contributed by atoms with Crippen LogP contribution in [0, 0.1) is 6.92 Å². The van der Waals surface area contributed by atoms with E-state index in [9.17, 15) is 9.59 Å². The fraction of sp³-hybridized carbons (Fsp3) is 0.636. The van der Waals surface area contributed by atoms with Crippen molar-refractivity contribution in [3.05, 3.63) is 32.6 Å². The van der Waals surface area contributed by atoms with E-state index in [0.717, 1.165) is 31.4 Å². The first kappa shape index (κ1) is 10.2. The van der Waals surface area contributed by atoms with E-state index in [2.05, 4.69) is 0 Å².